The first-order valence-electron chi connectivity index (χ1n) is 19.5. The maximum Gasteiger partial charge on any atom is 0.136 e. The molecule has 2 heteroatoms. The number of rotatable bonds is 11. The molecule has 0 radical (unpaired) electrons. The van der Waals surface area contributed by atoms with E-state index in [0.717, 1.165) is 55.7 Å². The Morgan fingerprint density at radius 1 is 0.509 bits per heavy atom. The molecule has 1 heterocycles. The van der Waals surface area contributed by atoms with Gasteiger partial charge >= 0.3 is 0 Å². The van der Waals surface area contributed by atoms with Crippen molar-refractivity contribution in [2.45, 2.75) is 20.8 Å². The average Bonchev–Trinajstić information content (AvgIpc) is 3.65. The zero-order valence-corrected chi connectivity index (χ0v) is 32.7. The second-order valence-corrected chi connectivity index (χ2v) is 14.2. The molecule has 0 bridgehead atoms. The van der Waals surface area contributed by atoms with Crippen LogP contribution in [0.3, 0.4) is 0 Å². The molecule has 0 aliphatic heterocycles. The van der Waals surface area contributed by atoms with Gasteiger partial charge in [-0.1, -0.05) is 158 Å². The van der Waals surface area contributed by atoms with Crippen LogP contribution >= 0.6 is 0 Å². The van der Waals surface area contributed by atoms with E-state index in [1.54, 1.807) is 0 Å². The van der Waals surface area contributed by atoms with Gasteiger partial charge in [-0.05, 0) is 131 Å². The van der Waals surface area contributed by atoms with Crippen LogP contribution < -0.4 is 4.90 Å². The van der Waals surface area contributed by atoms with Gasteiger partial charge in [-0.25, -0.2) is 0 Å². The molecule has 0 unspecified atom stereocenters. The van der Waals surface area contributed by atoms with Crippen molar-refractivity contribution in [2.75, 3.05) is 4.90 Å². The fourth-order valence-electron chi connectivity index (χ4n) is 7.59. The minimum atomic E-state index is 0.898. The van der Waals surface area contributed by atoms with Crippen LogP contribution in [0.25, 0.3) is 66.5 Å². The molecule has 8 aromatic rings. The molecular formula is C55H45NO. The molecule has 7 aromatic carbocycles. The van der Waals surface area contributed by atoms with E-state index < -0.39 is 0 Å². The Bertz CT molecular complexity index is 2790. The van der Waals surface area contributed by atoms with E-state index >= 15 is 0 Å². The van der Waals surface area contributed by atoms with Crippen LogP contribution in [0, 0.1) is 0 Å². The largest absolute Gasteiger partial charge is 0.456 e. The Labute approximate surface area is 336 Å². The van der Waals surface area contributed by atoms with Crippen molar-refractivity contribution in [2.24, 2.45) is 0 Å². The zero-order valence-electron chi connectivity index (χ0n) is 32.7. The number of para-hydroxylation sites is 1. The van der Waals surface area contributed by atoms with Gasteiger partial charge in [0.1, 0.15) is 11.2 Å². The third-order valence-electron chi connectivity index (χ3n) is 10.5. The molecule has 2 nitrogen and oxygen atoms in total. The molecule has 57 heavy (non-hydrogen) atoms. The smallest absolute Gasteiger partial charge is 0.136 e. The van der Waals surface area contributed by atoms with Crippen molar-refractivity contribution >= 4 is 50.1 Å². The maximum atomic E-state index is 6.22. The minimum absolute atomic E-state index is 0.898. The summed E-state index contributed by atoms with van der Waals surface area (Å²) in [5.41, 5.74) is 16.8. The Morgan fingerprint density at radius 3 is 1.82 bits per heavy atom. The molecule has 0 fully saturated rings. The standard InChI is InChI=1S/C55H45NO/c1-5-7-8-10-17-39(3)41-24-31-46(32-25-41)56(48-35-28-44(29-36-48)50-21-15-23-54-55(50)51-20-13-14-22-53(51)57-54)47-33-26-42(27-34-47)45-30-37-49(43-18-11-9-12-19-43)52(38-45)40(4)16-6-2/h5-38H,2H2,1,3-4H3/b7-5-,10-8-,39-17+,40-16+. The molecule has 1 aromatic heterocycles. The first kappa shape index (κ1) is 36.8. The molecule has 0 saturated heterocycles. The van der Waals surface area contributed by atoms with Crippen LogP contribution in [0.4, 0.5) is 17.1 Å². The van der Waals surface area contributed by atoms with Crippen molar-refractivity contribution in [1.82, 2.24) is 0 Å². The third kappa shape index (κ3) is 7.72. The fraction of sp³-hybridized carbons (Fsp3) is 0.0545. The lowest BCUT2D eigenvalue weighted by Crippen LogP contribution is -2.10. The summed E-state index contributed by atoms with van der Waals surface area (Å²) in [7, 11) is 0. The predicted molar refractivity (Wildman–Crippen MR) is 246 cm³/mol. The molecule has 276 valence electrons. The number of nitrogens with zero attached hydrogens (tertiary/aromatic N) is 1. The minimum Gasteiger partial charge on any atom is -0.456 e. The van der Waals surface area contributed by atoms with Crippen molar-refractivity contribution in [1.29, 1.82) is 0 Å². The number of hydrogen-bond acceptors (Lipinski definition) is 2. The topological polar surface area (TPSA) is 16.4 Å². The lowest BCUT2D eigenvalue weighted by molar-refractivity contribution is 0.669. The van der Waals surface area contributed by atoms with Crippen molar-refractivity contribution in [3.8, 4) is 33.4 Å². The second kappa shape index (κ2) is 16.7. The Hall–Kier alpha value is -7.16. The van der Waals surface area contributed by atoms with Crippen molar-refractivity contribution in [3.05, 3.63) is 224 Å². The summed E-state index contributed by atoms with van der Waals surface area (Å²) >= 11 is 0. The summed E-state index contributed by atoms with van der Waals surface area (Å²) in [4.78, 5) is 2.33. The third-order valence-corrected chi connectivity index (χ3v) is 10.5. The zero-order chi connectivity index (χ0) is 39.1. The van der Waals surface area contributed by atoms with Gasteiger partial charge in [0.25, 0.3) is 0 Å². The molecule has 0 N–H and O–H groups in total. The Balaban J connectivity index is 1.18. The predicted octanol–water partition coefficient (Wildman–Crippen LogP) is 16.2. The normalized spacial score (nSPS) is 12.3. The maximum absolute atomic E-state index is 6.22. The van der Waals surface area contributed by atoms with Gasteiger partial charge in [0.05, 0.1) is 0 Å². The number of anilines is 3. The molecular weight excluding hydrogens is 691 g/mol. The highest BCUT2D eigenvalue weighted by molar-refractivity contribution is 6.12. The number of benzene rings is 7. The lowest BCUT2D eigenvalue weighted by Gasteiger charge is -2.26. The average molecular weight is 736 g/mol. The quantitative estimate of drug-likeness (QED) is 0.123. The molecule has 8 rings (SSSR count). The molecule has 0 spiro atoms. The highest BCUT2D eigenvalue weighted by Gasteiger charge is 2.16. The summed E-state index contributed by atoms with van der Waals surface area (Å²) in [6.45, 7) is 10.3. The highest BCUT2D eigenvalue weighted by atomic mass is 16.3. The number of hydrogen-bond donors (Lipinski definition) is 0. The van der Waals surface area contributed by atoms with Crippen LogP contribution in [0.15, 0.2) is 217 Å². The van der Waals surface area contributed by atoms with Gasteiger partial charge in [-0.3, -0.25) is 0 Å². The number of allylic oxidation sites excluding steroid dienone is 9. The first-order valence-corrected chi connectivity index (χ1v) is 19.5. The Morgan fingerprint density at radius 2 is 1.12 bits per heavy atom. The molecule has 0 saturated carbocycles. The van der Waals surface area contributed by atoms with E-state index in [4.69, 9.17) is 4.42 Å². The van der Waals surface area contributed by atoms with E-state index in [1.165, 1.54) is 39.0 Å². The SMILES string of the molecule is C=C/C=C(\C)c1cc(-c2ccc(N(c3ccc(/C(C)=C/C=C\C=C/C)cc3)c3ccc(-c4cccc5oc6ccccc6c45)cc3)cc2)ccc1-c1ccccc1. The van der Waals surface area contributed by atoms with Gasteiger partial charge in [0.2, 0.25) is 0 Å². The second-order valence-electron chi connectivity index (χ2n) is 14.2. The van der Waals surface area contributed by atoms with E-state index in [9.17, 15) is 0 Å². The van der Waals surface area contributed by atoms with Gasteiger partial charge < -0.3 is 9.32 Å². The molecule has 0 atom stereocenters. The summed E-state index contributed by atoms with van der Waals surface area (Å²) < 4.78 is 6.22. The van der Waals surface area contributed by atoms with Crippen LogP contribution in [-0.2, 0) is 0 Å². The number of furan rings is 1. The van der Waals surface area contributed by atoms with Crippen LogP contribution in [0.2, 0.25) is 0 Å². The molecule has 0 aliphatic rings. The van der Waals surface area contributed by atoms with Crippen LogP contribution in [0.1, 0.15) is 31.9 Å². The fourth-order valence-corrected chi connectivity index (χ4v) is 7.59. The van der Waals surface area contributed by atoms with Crippen LogP contribution in [-0.4, -0.2) is 0 Å². The van der Waals surface area contributed by atoms with E-state index in [0.29, 0.717) is 0 Å². The van der Waals surface area contributed by atoms with Gasteiger partial charge in [-0.2, -0.15) is 0 Å². The van der Waals surface area contributed by atoms with E-state index in [1.807, 2.05) is 37.3 Å². The first-order chi connectivity index (χ1) is 28.0. The summed E-state index contributed by atoms with van der Waals surface area (Å²) in [6.07, 6.45) is 14.3. The van der Waals surface area contributed by atoms with Gasteiger partial charge in [-0.15, -0.1) is 0 Å². The molecule has 0 amide bonds. The number of fused-ring (bicyclic) bond motifs is 3. The van der Waals surface area contributed by atoms with Gasteiger partial charge in [0.15, 0.2) is 0 Å². The van der Waals surface area contributed by atoms with E-state index in [2.05, 4.69) is 201 Å². The monoisotopic (exact) mass is 735 g/mol. The highest BCUT2D eigenvalue weighted by Crippen LogP contribution is 2.41. The summed E-state index contributed by atoms with van der Waals surface area (Å²) in [6, 6.07) is 58.6. The Kier molecular flexibility index (Phi) is 10.8. The summed E-state index contributed by atoms with van der Waals surface area (Å²) in [5.74, 6) is 0. The lowest BCUT2D eigenvalue weighted by atomic mass is 9.91. The van der Waals surface area contributed by atoms with Crippen molar-refractivity contribution in [3.63, 3.8) is 0 Å². The summed E-state index contributed by atoms with van der Waals surface area (Å²) in [5, 5.41) is 2.27. The van der Waals surface area contributed by atoms with Crippen molar-refractivity contribution < 1.29 is 4.42 Å². The molecule has 0 aliphatic carbocycles. The van der Waals surface area contributed by atoms with E-state index in [-0.39, 0.29) is 0 Å². The van der Waals surface area contributed by atoms with Gasteiger partial charge in [0, 0.05) is 27.8 Å². The van der Waals surface area contributed by atoms with Crippen LogP contribution in [0.5, 0.6) is 0 Å².